The summed E-state index contributed by atoms with van der Waals surface area (Å²) in [5.41, 5.74) is 0.761. The van der Waals surface area contributed by atoms with E-state index in [-0.39, 0.29) is 0 Å². The summed E-state index contributed by atoms with van der Waals surface area (Å²) >= 11 is 19.8. The van der Waals surface area contributed by atoms with E-state index in [0.29, 0.717) is 26.8 Å². The maximum atomic E-state index is 6.33. The van der Waals surface area contributed by atoms with Crippen LogP contribution in [0.2, 0.25) is 15.1 Å². The third-order valence-corrected chi connectivity index (χ3v) is 4.88. The fraction of sp³-hybridized carbons (Fsp3) is 0.0556. The van der Waals surface area contributed by atoms with Gasteiger partial charge in [0.2, 0.25) is 0 Å². The SMILES string of the molecule is Clc1ccc(SCOC(=Cn2ccnc2)c2ccc(Cl)cc2Cl)cc1. The number of hydrogen-bond donors (Lipinski definition) is 0. The lowest BCUT2D eigenvalue weighted by Gasteiger charge is -2.13. The van der Waals surface area contributed by atoms with Gasteiger partial charge in [-0.15, -0.1) is 0 Å². The van der Waals surface area contributed by atoms with Crippen LogP contribution >= 0.6 is 46.6 Å². The maximum Gasteiger partial charge on any atom is 0.145 e. The van der Waals surface area contributed by atoms with Crippen LogP contribution in [-0.4, -0.2) is 15.5 Å². The van der Waals surface area contributed by atoms with Crippen LogP contribution in [0.5, 0.6) is 0 Å². The molecule has 0 bridgehead atoms. The Morgan fingerprint density at radius 3 is 2.52 bits per heavy atom. The van der Waals surface area contributed by atoms with Crippen molar-refractivity contribution in [2.45, 2.75) is 4.90 Å². The van der Waals surface area contributed by atoms with Gasteiger partial charge in [-0.2, -0.15) is 0 Å². The number of rotatable bonds is 6. The molecule has 0 spiro atoms. The Labute approximate surface area is 165 Å². The van der Waals surface area contributed by atoms with E-state index in [0.717, 1.165) is 10.5 Å². The number of ether oxygens (including phenoxy) is 1. The fourth-order valence-corrected chi connectivity index (χ4v) is 3.32. The Hall–Kier alpha value is -1.59. The highest BCUT2D eigenvalue weighted by Crippen LogP contribution is 2.30. The average molecular weight is 412 g/mol. The highest BCUT2D eigenvalue weighted by Gasteiger charge is 2.10. The van der Waals surface area contributed by atoms with Crippen molar-refractivity contribution < 1.29 is 4.74 Å². The van der Waals surface area contributed by atoms with Crippen LogP contribution in [0, 0.1) is 0 Å². The lowest BCUT2D eigenvalue weighted by Crippen LogP contribution is -1.96. The standard InChI is InChI=1S/C18H13Cl3N2OS/c19-13-1-4-15(5-2-13)25-12-24-18(10-23-8-7-22-11-23)16-6-3-14(20)9-17(16)21/h1-11H,12H2. The zero-order valence-corrected chi connectivity index (χ0v) is 16.0. The molecule has 0 amide bonds. The fourth-order valence-electron chi connectivity index (χ4n) is 2.05. The predicted molar refractivity (Wildman–Crippen MR) is 106 cm³/mol. The van der Waals surface area contributed by atoms with E-state index < -0.39 is 0 Å². The summed E-state index contributed by atoms with van der Waals surface area (Å²) in [6.45, 7) is 0. The molecule has 3 rings (SSSR count). The van der Waals surface area contributed by atoms with E-state index in [1.807, 2.05) is 42.7 Å². The van der Waals surface area contributed by atoms with E-state index >= 15 is 0 Å². The molecule has 0 atom stereocenters. The minimum absolute atomic E-state index is 0.418. The monoisotopic (exact) mass is 410 g/mol. The highest BCUT2D eigenvalue weighted by molar-refractivity contribution is 7.99. The third kappa shape index (κ3) is 5.19. The minimum atomic E-state index is 0.418. The zero-order valence-electron chi connectivity index (χ0n) is 12.9. The van der Waals surface area contributed by atoms with Gasteiger partial charge in [-0.05, 0) is 42.5 Å². The Bertz CT molecular complexity index is 865. The zero-order chi connectivity index (χ0) is 17.6. The number of halogens is 3. The first-order valence-corrected chi connectivity index (χ1v) is 9.39. The Morgan fingerprint density at radius 2 is 1.84 bits per heavy atom. The predicted octanol–water partition coefficient (Wildman–Crippen LogP) is 6.57. The van der Waals surface area contributed by atoms with Crippen molar-refractivity contribution in [3.8, 4) is 0 Å². The molecule has 25 heavy (non-hydrogen) atoms. The first-order valence-electron chi connectivity index (χ1n) is 7.27. The molecule has 128 valence electrons. The highest BCUT2D eigenvalue weighted by atomic mass is 35.5. The second-order valence-electron chi connectivity index (χ2n) is 4.99. The average Bonchev–Trinajstić information content (AvgIpc) is 3.09. The van der Waals surface area contributed by atoms with Crippen molar-refractivity contribution in [1.82, 2.24) is 9.55 Å². The molecule has 3 aromatic rings. The van der Waals surface area contributed by atoms with E-state index in [1.54, 1.807) is 41.0 Å². The van der Waals surface area contributed by atoms with Gasteiger partial charge in [0.05, 0.1) is 17.5 Å². The third-order valence-electron chi connectivity index (χ3n) is 3.24. The van der Waals surface area contributed by atoms with Crippen molar-refractivity contribution in [3.63, 3.8) is 0 Å². The van der Waals surface area contributed by atoms with Crippen LogP contribution in [0.15, 0.2) is 66.1 Å². The molecule has 0 aliphatic carbocycles. The Kier molecular flexibility index (Phi) is 6.32. The molecule has 0 aliphatic heterocycles. The summed E-state index contributed by atoms with van der Waals surface area (Å²) in [5, 5.41) is 1.81. The van der Waals surface area contributed by atoms with Crippen LogP contribution in [0.1, 0.15) is 5.56 Å². The molecule has 0 N–H and O–H groups in total. The maximum absolute atomic E-state index is 6.33. The van der Waals surface area contributed by atoms with Crippen molar-refractivity contribution in [1.29, 1.82) is 0 Å². The molecule has 7 heteroatoms. The summed E-state index contributed by atoms with van der Waals surface area (Å²) < 4.78 is 7.77. The Morgan fingerprint density at radius 1 is 1.08 bits per heavy atom. The molecular formula is C18H13Cl3N2OS. The summed E-state index contributed by atoms with van der Waals surface area (Å²) in [4.78, 5) is 5.10. The van der Waals surface area contributed by atoms with Gasteiger partial charge >= 0.3 is 0 Å². The van der Waals surface area contributed by atoms with Crippen LogP contribution in [0.4, 0.5) is 0 Å². The van der Waals surface area contributed by atoms with Gasteiger partial charge in [-0.1, -0.05) is 46.6 Å². The number of thioether (sulfide) groups is 1. The molecule has 1 aromatic heterocycles. The molecule has 0 fully saturated rings. The summed E-state index contributed by atoms with van der Waals surface area (Å²) in [5.74, 6) is 1.04. The summed E-state index contributed by atoms with van der Waals surface area (Å²) in [7, 11) is 0. The van der Waals surface area contributed by atoms with Gasteiger partial charge < -0.3 is 9.30 Å². The number of imidazole rings is 1. The number of hydrogen-bond acceptors (Lipinski definition) is 3. The van der Waals surface area contributed by atoms with E-state index in [1.165, 1.54) is 0 Å². The van der Waals surface area contributed by atoms with Gasteiger partial charge in [0.25, 0.3) is 0 Å². The lowest BCUT2D eigenvalue weighted by atomic mass is 10.2. The largest absolute Gasteiger partial charge is 0.480 e. The van der Waals surface area contributed by atoms with Crippen LogP contribution in [0.25, 0.3) is 12.0 Å². The van der Waals surface area contributed by atoms with Crippen LogP contribution < -0.4 is 0 Å². The number of benzene rings is 2. The Balaban J connectivity index is 1.78. The topological polar surface area (TPSA) is 27.1 Å². The normalized spacial score (nSPS) is 11.6. The number of nitrogens with zero attached hydrogens (tertiary/aromatic N) is 2. The van der Waals surface area contributed by atoms with Crippen molar-refractivity contribution >= 4 is 58.5 Å². The first kappa shape index (κ1) is 18.2. The van der Waals surface area contributed by atoms with Crippen LogP contribution in [-0.2, 0) is 4.74 Å². The van der Waals surface area contributed by atoms with E-state index in [4.69, 9.17) is 39.5 Å². The first-order chi connectivity index (χ1) is 12.1. The van der Waals surface area contributed by atoms with Gasteiger partial charge in [0.1, 0.15) is 11.7 Å². The molecule has 0 saturated heterocycles. The second-order valence-corrected chi connectivity index (χ2v) is 7.26. The smallest absolute Gasteiger partial charge is 0.145 e. The molecule has 2 aromatic carbocycles. The van der Waals surface area contributed by atoms with Gasteiger partial charge in [-0.25, -0.2) is 4.98 Å². The van der Waals surface area contributed by atoms with Crippen molar-refractivity contribution in [2.75, 3.05) is 5.94 Å². The summed E-state index contributed by atoms with van der Waals surface area (Å²) in [6.07, 6.45) is 7.02. The lowest BCUT2D eigenvalue weighted by molar-refractivity contribution is 0.350. The van der Waals surface area contributed by atoms with Crippen LogP contribution in [0.3, 0.4) is 0 Å². The minimum Gasteiger partial charge on any atom is -0.480 e. The number of aromatic nitrogens is 2. The van der Waals surface area contributed by atoms with Crippen molar-refractivity contribution in [2.24, 2.45) is 0 Å². The van der Waals surface area contributed by atoms with Gasteiger partial charge in [0, 0.05) is 32.9 Å². The quantitative estimate of drug-likeness (QED) is 0.261. The molecule has 0 saturated carbocycles. The van der Waals surface area contributed by atoms with Gasteiger partial charge in [-0.3, -0.25) is 0 Å². The molecule has 0 radical (unpaired) electrons. The van der Waals surface area contributed by atoms with Gasteiger partial charge in [0.15, 0.2) is 0 Å². The molecule has 3 nitrogen and oxygen atoms in total. The molecular weight excluding hydrogens is 399 g/mol. The second kappa shape index (κ2) is 8.68. The molecule has 0 unspecified atom stereocenters. The van der Waals surface area contributed by atoms with E-state index in [2.05, 4.69) is 4.98 Å². The molecule has 0 aliphatic rings. The summed E-state index contributed by atoms with van der Waals surface area (Å²) in [6, 6.07) is 12.9. The molecule has 1 heterocycles. The van der Waals surface area contributed by atoms with E-state index in [9.17, 15) is 0 Å². The van der Waals surface area contributed by atoms with Crippen molar-refractivity contribution in [3.05, 3.63) is 81.8 Å².